The molecule has 0 bridgehead atoms. The molecule has 0 amide bonds. The lowest BCUT2D eigenvalue weighted by Gasteiger charge is -2.05. The van der Waals surface area contributed by atoms with E-state index in [1.54, 1.807) is 12.1 Å². The van der Waals surface area contributed by atoms with Crippen LogP contribution in [0.5, 0.6) is 0 Å². The highest BCUT2D eigenvalue weighted by Gasteiger charge is 2.21. The summed E-state index contributed by atoms with van der Waals surface area (Å²) in [4.78, 5) is 0. The predicted molar refractivity (Wildman–Crippen MR) is 88.3 cm³/mol. The Kier molecular flexibility index (Phi) is 6.06. The average molecular weight is 296 g/mol. The van der Waals surface area contributed by atoms with Crippen molar-refractivity contribution < 1.29 is 4.39 Å². The molecule has 1 saturated carbocycles. The first-order valence-corrected chi connectivity index (χ1v) is 7.46. The van der Waals surface area contributed by atoms with E-state index >= 15 is 0 Å². The van der Waals surface area contributed by atoms with Crippen molar-refractivity contribution in [3.05, 3.63) is 29.6 Å². The van der Waals surface area contributed by atoms with Gasteiger partial charge in [-0.1, -0.05) is 39.7 Å². The number of nitrogens with two attached hydrogens (primary N) is 1. The number of anilines is 1. The molecule has 0 aromatic heterocycles. The van der Waals surface area contributed by atoms with Crippen molar-refractivity contribution in [1.29, 1.82) is 5.41 Å². The summed E-state index contributed by atoms with van der Waals surface area (Å²) in [5.74, 6) is 0.414. The lowest BCUT2D eigenvalue weighted by Crippen LogP contribution is -2.01. The lowest BCUT2D eigenvalue weighted by atomic mass is 10.0. The largest absolute Gasteiger partial charge is 0.396 e. The van der Waals surface area contributed by atoms with Gasteiger partial charge in [-0.3, -0.25) is 0 Å². The number of nitrogen functional groups attached to an aromatic ring is 1. The minimum atomic E-state index is -0.409. The first kappa shape index (κ1) is 17.0. The molecular formula is C16H25FN2S. The van der Waals surface area contributed by atoms with Gasteiger partial charge in [0.15, 0.2) is 0 Å². The Morgan fingerprint density at radius 1 is 1.40 bits per heavy atom. The predicted octanol–water partition coefficient (Wildman–Crippen LogP) is 4.68. The van der Waals surface area contributed by atoms with Crippen molar-refractivity contribution in [3.8, 4) is 0 Å². The van der Waals surface area contributed by atoms with Crippen LogP contribution in [-0.2, 0) is 0 Å². The Labute approximate surface area is 126 Å². The van der Waals surface area contributed by atoms with Gasteiger partial charge in [0.2, 0.25) is 0 Å². The third-order valence-electron chi connectivity index (χ3n) is 2.84. The fourth-order valence-corrected chi connectivity index (χ4v) is 1.63. The zero-order valence-corrected chi connectivity index (χ0v) is 13.4. The molecule has 0 saturated heterocycles. The SMILES string of the molecule is CC(C)(C)S.N=C(CCC1CC1)c1ccc(F)c(N)c1. The van der Waals surface area contributed by atoms with Crippen molar-refractivity contribution in [2.75, 3.05) is 5.73 Å². The van der Waals surface area contributed by atoms with E-state index < -0.39 is 5.82 Å². The van der Waals surface area contributed by atoms with Crippen LogP contribution in [0.15, 0.2) is 18.2 Å². The smallest absolute Gasteiger partial charge is 0.146 e. The number of hydrogen-bond acceptors (Lipinski definition) is 3. The topological polar surface area (TPSA) is 49.9 Å². The second-order valence-electron chi connectivity index (χ2n) is 6.37. The summed E-state index contributed by atoms with van der Waals surface area (Å²) in [7, 11) is 0. The van der Waals surface area contributed by atoms with Gasteiger partial charge in [-0.2, -0.15) is 12.6 Å². The van der Waals surface area contributed by atoms with Gasteiger partial charge in [0.1, 0.15) is 5.82 Å². The number of benzene rings is 1. The Balaban J connectivity index is 0.000000347. The van der Waals surface area contributed by atoms with Crippen LogP contribution < -0.4 is 5.73 Å². The van der Waals surface area contributed by atoms with Gasteiger partial charge >= 0.3 is 0 Å². The quantitative estimate of drug-likeness (QED) is 0.422. The Morgan fingerprint density at radius 2 is 1.95 bits per heavy atom. The molecule has 0 radical (unpaired) electrons. The summed E-state index contributed by atoms with van der Waals surface area (Å²) in [6.45, 7) is 6.16. The second kappa shape index (κ2) is 7.11. The summed E-state index contributed by atoms with van der Waals surface area (Å²) in [5.41, 5.74) is 6.89. The van der Waals surface area contributed by atoms with Gasteiger partial charge in [-0.15, -0.1) is 0 Å². The highest BCUT2D eigenvalue weighted by molar-refractivity contribution is 7.81. The van der Waals surface area contributed by atoms with Crippen LogP contribution in [0.25, 0.3) is 0 Å². The van der Waals surface area contributed by atoms with E-state index in [0.717, 1.165) is 24.3 Å². The highest BCUT2D eigenvalue weighted by atomic mass is 32.1. The maximum atomic E-state index is 12.9. The van der Waals surface area contributed by atoms with Crippen molar-refractivity contribution in [2.24, 2.45) is 5.92 Å². The van der Waals surface area contributed by atoms with E-state index in [2.05, 4.69) is 33.4 Å². The molecule has 20 heavy (non-hydrogen) atoms. The van der Waals surface area contributed by atoms with Crippen LogP contribution in [0.1, 0.15) is 52.0 Å². The van der Waals surface area contributed by atoms with Gasteiger partial charge < -0.3 is 11.1 Å². The number of hydrogen-bond donors (Lipinski definition) is 3. The first-order valence-electron chi connectivity index (χ1n) is 7.02. The van der Waals surface area contributed by atoms with Crippen molar-refractivity contribution in [3.63, 3.8) is 0 Å². The van der Waals surface area contributed by atoms with Crippen LogP contribution in [0.2, 0.25) is 0 Å². The summed E-state index contributed by atoms with van der Waals surface area (Å²) in [6, 6.07) is 4.50. The Hall–Kier alpha value is -1.03. The molecule has 2 rings (SSSR count). The van der Waals surface area contributed by atoms with Crippen LogP contribution in [0.4, 0.5) is 10.1 Å². The maximum Gasteiger partial charge on any atom is 0.146 e. The van der Waals surface area contributed by atoms with Crippen LogP contribution in [-0.4, -0.2) is 10.5 Å². The maximum absolute atomic E-state index is 12.9. The average Bonchev–Trinajstić information content (AvgIpc) is 3.11. The third kappa shape index (κ3) is 7.53. The van der Waals surface area contributed by atoms with Gasteiger partial charge in [-0.25, -0.2) is 4.39 Å². The number of nitrogens with one attached hydrogen (secondary N) is 1. The highest BCUT2D eigenvalue weighted by Crippen LogP contribution is 2.33. The summed E-state index contributed by atoms with van der Waals surface area (Å²) >= 11 is 4.12. The molecule has 0 atom stereocenters. The Morgan fingerprint density at radius 3 is 2.40 bits per heavy atom. The molecule has 1 aliphatic rings. The number of rotatable bonds is 4. The van der Waals surface area contributed by atoms with Crippen molar-refractivity contribution >= 4 is 24.0 Å². The zero-order valence-electron chi connectivity index (χ0n) is 12.5. The minimum absolute atomic E-state index is 0.128. The molecular weight excluding hydrogens is 271 g/mol. The van der Waals surface area contributed by atoms with Gasteiger partial charge in [-0.05, 0) is 36.5 Å². The van der Waals surface area contributed by atoms with Crippen LogP contribution >= 0.6 is 12.6 Å². The molecule has 1 aromatic rings. The molecule has 1 fully saturated rings. The van der Waals surface area contributed by atoms with Crippen LogP contribution in [0.3, 0.4) is 0 Å². The molecule has 1 aliphatic carbocycles. The normalized spacial score (nSPS) is 14.4. The molecule has 0 spiro atoms. The van der Waals surface area contributed by atoms with E-state index in [-0.39, 0.29) is 10.4 Å². The van der Waals surface area contributed by atoms with Crippen molar-refractivity contribution in [1.82, 2.24) is 0 Å². The molecule has 0 heterocycles. The summed E-state index contributed by atoms with van der Waals surface area (Å²) in [6.07, 6.45) is 4.46. The molecule has 0 unspecified atom stereocenters. The number of thiol groups is 1. The zero-order chi connectivity index (χ0) is 15.3. The van der Waals surface area contributed by atoms with E-state index in [9.17, 15) is 4.39 Å². The lowest BCUT2D eigenvalue weighted by molar-refractivity contribution is 0.632. The first-order chi connectivity index (χ1) is 9.16. The molecule has 0 aliphatic heterocycles. The molecule has 112 valence electrons. The van der Waals surface area contributed by atoms with E-state index in [1.165, 1.54) is 18.9 Å². The summed E-state index contributed by atoms with van der Waals surface area (Å²) < 4.78 is 13.1. The Bertz CT molecular complexity index is 456. The minimum Gasteiger partial charge on any atom is -0.396 e. The monoisotopic (exact) mass is 296 g/mol. The fraction of sp³-hybridized carbons (Fsp3) is 0.562. The van der Waals surface area contributed by atoms with E-state index in [0.29, 0.717) is 5.71 Å². The van der Waals surface area contributed by atoms with E-state index in [4.69, 9.17) is 11.1 Å². The van der Waals surface area contributed by atoms with Gasteiger partial charge in [0, 0.05) is 10.5 Å². The van der Waals surface area contributed by atoms with Crippen LogP contribution in [0, 0.1) is 17.1 Å². The molecule has 1 aromatic carbocycles. The standard InChI is InChI=1S/C12H15FN2.C4H10S/c13-10-5-4-9(7-12(10)15)11(14)6-3-8-1-2-8;1-4(2,3)5/h4-5,7-8,14H,1-3,6,15H2;5H,1-3H3. The molecule has 3 N–H and O–H groups in total. The molecule has 2 nitrogen and oxygen atoms in total. The van der Waals surface area contributed by atoms with Crippen molar-refractivity contribution in [2.45, 2.75) is 51.2 Å². The fourth-order valence-electron chi connectivity index (χ4n) is 1.63. The number of halogens is 1. The van der Waals surface area contributed by atoms with Gasteiger partial charge in [0.05, 0.1) is 5.69 Å². The third-order valence-corrected chi connectivity index (χ3v) is 2.84. The second-order valence-corrected chi connectivity index (χ2v) is 7.71. The van der Waals surface area contributed by atoms with E-state index in [1.807, 2.05) is 0 Å². The summed E-state index contributed by atoms with van der Waals surface area (Å²) in [5, 5.41) is 7.84. The molecule has 4 heteroatoms. The van der Waals surface area contributed by atoms with Gasteiger partial charge in [0.25, 0.3) is 0 Å².